The largest absolute Gasteiger partial charge is 0.474 e. The van der Waals surface area contributed by atoms with Crippen LogP contribution in [0, 0.1) is 13.8 Å². The highest BCUT2D eigenvalue weighted by Gasteiger charge is 2.29. The number of aryl methyl sites for hydroxylation is 1. The molecule has 114 valence electrons. The average Bonchev–Trinajstić information content (AvgIpc) is 2.81. The predicted molar refractivity (Wildman–Crippen MR) is 81.7 cm³/mol. The van der Waals surface area contributed by atoms with Crippen LogP contribution in [0.5, 0.6) is 5.88 Å². The smallest absolute Gasteiger partial charge is 0.275 e. The summed E-state index contributed by atoms with van der Waals surface area (Å²) in [5.41, 5.74) is 3.08. The van der Waals surface area contributed by atoms with Gasteiger partial charge >= 0.3 is 0 Å². The number of carbonyl (C=O) groups excluding carboxylic acids is 2. The van der Waals surface area contributed by atoms with Crippen molar-refractivity contribution < 1.29 is 14.3 Å². The third-order valence-electron chi connectivity index (χ3n) is 3.84. The van der Waals surface area contributed by atoms with Crippen molar-refractivity contribution in [3.63, 3.8) is 0 Å². The summed E-state index contributed by atoms with van der Waals surface area (Å²) in [5, 5.41) is 0. The summed E-state index contributed by atoms with van der Waals surface area (Å²) < 4.78 is 5.47. The highest BCUT2D eigenvalue weighted by molar-refractivity contribution is 6.09. The van der Waals surface area contributed by atoms with Gasteiger partial charge in [0.25, 0.3) is 5.91 Å². The standard InChI is InChI=1S/C16H17N3O3/c1-9-13(11(3)20)10(2)18-14(9)16(21)19-7-8-22-15-12(19)5-4-6-17-15/h4-6,18H,7-8H2,1-3H3. The lowest BCUT2D eigenvalue weighted by atomic mass is 10.1. The molecule has 1 aliphatic heterocycles. The number of amides is 1. The zero-order chi connectivity index (χ0) is 15.9. The van der Waals surface area contributed by atoms with E-state index in [1.165, 1.54) is 6.92 Å². The minimum absolute atomic E-state index is 0.0469. The second-order valence-electron chi connectivity index (χ2n) is 5.31. The summed E-state index contributed by atoms with van der Waals surface area (Å²) in [5.74, 6) is 0.231. The molecule has 0 saturated heterocycles. The molecule has 0 aromatic carbocycles. The molecule has 3 rings (SSSR count). The van der Waals surface area contributed by atoms with Gasteiger partial charge in [0.2, 0.25) is 5.88 Å². The van der Waals surface area contributed by atoms with Gasteiger partial charge in [0.05, 0.1) is 6.54 Å². The minimum atomic E-state index is -0.175. The number of rotatable bonds is 2. The van der Waals surface area contributed by atoms with Gasteiger partial charge in [0.15, 0.2) is 5.78 Å². The van der Waals surface area contributed by atoms with Crippen molar-refractivity contribution >= 4 is 17.4 Å². The Kier molecular flexibility index (Phi) is 3.44. The molecule has 0 bridgehead atoms. The van der Waals surface area contributed by atoms with E-state index in [9.17, 15) is 9.59 Å². The average molecular weight is 299 g/mol. The van der Waals surface area contributed by atoms with Crippen LogP contribution >= 0.6 is 0 Å². The number of aromatic nitrogens is 2. The lowest BCUT2D eigenvalue weighted by molar-refractivity contribution is 0.0970. The highest BCUT2D eigenvalue weighted by Crippen LogP contribution is 2.30. The van der Waals surface area contributed by atoms with Gasteiger partial charge in [-0.3, -0.25) is 14.5 Å². The summed E-state index contributed by atoms with van der Waals surface area (Å²) >= 11 is 0. The van der Waals surface area contributed by atoms with Gasteiger partial charge in [-0.25, -0.2) is 4.98 Å². The van der Waals surface area contributed by atoms with E-state index in [0.29, 0.717) is 47.2 Å². The fourth-order valence-electron chi connectivity index (χ4n) is 2.89. The topological polar surface area (TPSA) is 75.3 Å². The molecular weight excluding hydrogens is 282 g/mol. The quantitative estimate of drug-likeness (QED) is 0.863. The Morgan fingerprint density at radius 3 is 2.82 bits per heavy atom. The summed E-state index contributed by atoms with van der Waals surface area (Å²) in [7, 11) is 0. The van der Waals surface area contributed by atoms with E-state index in [0.717, 1.165) is 0 Å². The molecule has 0 fully saturated rings. The number of H-pyrrole nitrogens is 1. The number of ether oxygens (including phenoxy) is 1. The minimum Gasteiger partial charge on any atom is -0.474 e. The Hall–Kier alpha value is -2.63. The second kappa shape index (κ2) is 5.29. The third kappa shape index (κ3) is 2.16. The Labute approximate surface area is 128 Å². The Morgan fingerprint density at radius 1 is 1.36 bits per heavy atom. The Bertz CT molecular complexity index is 764. The Balaban J connectivity index is 2.03. The van der Waals surface area contributed by atoms with Crippen molar-refractivity contribution in [2.45, 2.75) is 20.8 Å². The van der Waals surface area contributed by atoms with Crippen LogP contribution in [0.1, 0.15) is 39.0 Å². The first-order valence-electron chi connectivity index (χ1n) is 7.10. The highest BCUT2D eigenvalue weighted by atomic mass is 16.5. The molecule has 2 aromatic rings. The molecule has 0 spiro atoms. The van der Waals surface area contributed by atoms with E-state index in [4.69, 9.17) is 4.74 Å². The number of anilines is 1. The normalized spacial score (nSPS) is 13.5. The predicted octanol–water partition coefficient (Wildman–Crippen LogP) is 2.27. The zero-order valence-corrected chi connectivity index (χ0v) is 12.8. The van der Waals surface area contributed by atoms with Crippen LogP contribution in [-0.2, 0) is 0 Å². The van der Waals surface area contributed by atoms with Crippen LogP contribution in [0.4, 0.5) is 5.69 Å². The van der Waals surface area contributed by atoms with E-state index in [1.807, 2.05) is 0 Å². The van der Waals surface area contributed by atoms with E-state index >= 15 is 0 Å². The van der Waals surface area contributed by atoms with E-state index in [1.54, 1.807) is 37.1 Å². The number of pyridine rings is 1. The number of carbonyl (C=O) groups is 2. The van der Waals surface area contributed by atoms with Crippen LogP contribution < -0.4 is 9.64 Å². The maximum Gasteiger partial charge on any atom is 0.275 e. The molecule has 3 heterocycles. The van der Waals surface area contributed by atoms with Crippen molar-refractivity contribution in [2.75, 3.05) is 18.1 Å². The Morgan fingerprint density at radius 2 is 2.14 bits per heavy atom. The molecule has 0 aliphatic carbocycles. The number of fused-ring (bicyclic) bond motifs is 1. The summed E-state index contributed by atoms with van der Waals surface area (Å²) in [6, 6.07) is 3.57. The molecule has 2 aromatic heterocycles. The molecule has 1 amide bonds. The van der Waals surface area contributed by atoms with Crippen LogP contribution in [0.15, 0.2) is 18.3 Å². The molecule has 6 heteroatoms. The van der Waals surface area contributed by atoms with Crippen molar-refractivity contribution in [2.24, 2.45) is 0 Å². The SMILES string of the molecule is CC(=O)c1c(C)[nH]c(C(=O)N2CCOc3ncccc32)c1C. The van der Waals surface area contributed by atoms with Gasteiger partial charge in [-0.2, -0.15) is 0 Å². The van der Waals surface area contributed by atoms with Gasteiger partial charge in [0, 0.05) is 17.5 Å². The van der Waals surface area contributed by atoms with Crippen LogP contribution in [0.2, 0.25) is 0 Å². The van der Waals surface area contributed by atoms with Crippen LogP contribution in [0.25, 0.3) is 0 Å². The van der Waals surface area contributed by atoms with Crippen molar-refractivity contribution in [1.82, 2.24) is 9.97 Å². The maximum atomic E-state index is 12.9. The third-order valence-corrected chi connectivity index (χ3v) is 3.84. The molecule has 1 N–H and O–H groups in total. The molecule has 1 aliphatic rings. The first-order valence-corrected chi connectivity index (χ1v) is 7.10. The first kappa shape index (κ1) is 14.3. The molecule has 0 unspecified atom stereocenters. The van der Waals surface area contributed by atoms with Gasteiger partial charge in [-0.15, -0.1) is 0 Å². The van der Waals surface area contributed by atoms with Crippen molar-refractivity contribution in [3.8, 4) is 5.88 Å². The van der Waals surface area contributed by atoms with E-state index in [2.05, 4.69) is 9.97 Å². The first-order chi connectivity index (χ1) is 10.5. The molecule has 6 nitrogen and oxygen atoms in total. The molecule has 0 radical (unpaired) electrons. The summed E-state index contributed by atoms with van der Waals surface area (Å²) in [4.78, 5) is 33.4. The number of hydrogen-bond acceptors (Lipinski definition) is 4. The van der Waals surface area contributed by atoms with Gasteiger partial charge in [0.1, 0.15) is 18.0 Å². The number of nitrogens with zero attached hydrogens (tertiary/aromatic N) is 2. The van der Waals surface area contributed by atoms with E-state index in [-0.39, 0.29) is 11.7 Å². The van der Waals surface area contributed by atoms with Gasteiger partial charge < -0.3 is 9.72 Å². The number of ketones is 1. The lowest BCUT2D eigenvalue weighted by Crippen LogP contribution is -2.38. The number of Topliss-reactive ketones (excluding diaryl/α,β-unsaturated/α-hetero) is 1. The zero-order valence-electron chi connectivity index (χ0n) is 12.8. The number of hydrogen-bond donors (Lipinski definition) is 1. The molecule has 22 heavy (non-hydrogen) atoms. The number of nitrogens with one attached hydrogen (secondary N) is 1. The monoisotopic (exact) mass is 299 g/mol. The lowest BCUT2D eigenvalue weighted by Gasteiger charge is -2.28. The van der Waals surface area contributed by atoms with Crippen LogP contribution in [-0.4, -0.2) is 34.8 Å². The van der Waals surface area contributed by atoms with E-state index < -0.39 is 0 Å². The van der Waals surface area contributed by atoms with Gasteiger partial charge in [-0.05, 0) is 38.5 Å². The fraction of sp³-hybridized carbons (Fsp3) is 0.312. The molecule has 0 atom stereocenters. The van der Waals surface area contributed by atoms with Crippen molar-refractivity contribution in [1.29, 1.82) is 0 Å². The van der Waals surface area contributed by atoms with Crippen molar-refractivity contribution in [3.05, 3.63) is 40.8 Å². The maximum absolute atomic E-state index is 12.9. The fourth-order valence-corrected chi connectivity index (χ4v) is 2.89. The molecular formula is C16H17N3O3. The summed E-state index contributed by atoms with van der Waals surface area (Å²) in [6.45, 7) is 5.94. The second-order valence-corrected chi connectivity index (χ2v) is 5.31. The van der Waals surface area contributed by atoms with Gasteiger partial charge in [-0.1, -0.05) is 0 Å². The number of aromatic amines is 1. The molecule has 0 saturated carbocycles. The summed E-state index contributed by atoms with van der Waals surface area (Å²) in [6.07, 6.45) is 1.63. The van der Waals surface area contributed by atoms with Crippen LogP contribution in [0.3, 0.4) is 0 Å².